The van der Waals surface area contributed by atoms with Crippen molar-refractivity contribution in [2.45, 2.75) is 10.1 Å². The molecule has 0 saturated carbocycles. The molecule has 1 aliphatic carbocycles. The molecule has 0 fully saturated rings. The lowest BCUT2D eigenvalue weighted by Crippen LogP contribution is -2.60. The van der Waals surface area contributed by atoms with Crippen molar-refractivity contribution in [2.75, 3.05) is 0 Å². The first-order valence-corrected chi connectivity index (χ1v) is 6.81. The maximum atomic E-state index is 11.0. The molecule has 10 heteroatoms. The van der Waals surface area contributed by atoms with Crippen molar-refractivity contribution in [1.82, 2.24) is 0 Å². The first-order valence-electron chi connectivity index (χ1n) is 3.87. The number of hydrogen-bond acceptors (Lipinski definition) is 6. The van der Waals surface area contributed by atoms with Gasteiger partial charge in [-0.05, 0) is 12.2 Å². The second kappa shape index (κ2) is 3.53. The highest BCUT2D eigenvalue weighted by Gasteiger charge is 2.53. The van der Waals surface area contributed by atoms with Gasteiger partial charge in [0.1, 0.15) is 0 Å². The quantitative estimate of drug-likeness (QED) is 0.427. The zero-order chi connectivity index (χ0) is 12.8. The molecular formula is C6H10N2O6S2. The van der Waals surface area contributed by atoms with Gasteiger partial charge >= 0.3 is 0 Å². The Labute approximate surface area is 92.1 Å². The maximum absolute atomic E-state index is 11.0. The van der Waals surface area contributed by atoms with Crippen LogP contribution in [0.1, 0.15) is 0 Å². The highest BCUT2D eigenvalue weighted by Crippen LogP contribution is 2.28. The van der Waals surface area contributed by atoms with Crippen molar-refractivity contribution in [3.05, 3.63) is 23.9 Å². The fourth-order valence-corrected chi connectivity index (χ4v) is 3.72. The number of nitrogens with two attached hydrogens (primary N) is 2. The molecule has 16 heavy (non-hydrogen) atoms. The summed E-state index contributed by atoms with van der Waals surface area (Å²) in [5, 5.41) is -2.14. The van der Waals surface area contributed by atoms with Crippen LogP contribution in [-0.4, -0.2) is 36.1 Å². The summed E-state index contributed by atoms with van der Waals surface area (Å²) < 4.78 is 61.8. The van der Waals surface area contributed by atoms with Crippen LogP contribution in [0.2, 0.25) is 0 Å². The predicted octanol–water partition coefficient (Wildman–Crippen LogP) is -1.80. The minimum Gasteiger partial charge on any atom is -0.401 e. The van der Waals surface area contributed by atoms with E-state index in [1.54, 1.807) is 0 Å². The van der Waals surface area contributed by atoms with Crippen LogP contribution in [0.4, 0.5) is 0 Å². The van der Waals surface area contributed by atoms with Crippen LogP contribution in [0, 0.1) is 0 Å². The standard InChI is InChI=1S/C6H10N2O6S2/c7-4-2-1-3-6(8,16(12,13)14)5(4)15(9,10)11/h1-3,5H,7-8H2,(H,9,10,11)(H,12,13,14). The Kier molecular flexibility index (Phi) is 2.90. The van der Waals surface area contributed by atoms with Crippen molar-refractivity contribution in [3.63, 3.8) is 0 Å². The molecule has 0 aromatic heterocycles. The van der Waals surface area contributed by atoms with Crippen LogP contribution in [0.25, 0.3) is 0 Å². The lowest BCUT2D eigenvalue weighted by Gasteiger charge is -2.31. The van der Waals surface area contributed by atoms with E-state index in [0.717, 1.165) is 18.2 Å². The van der Waals surface area contributed by atoms with Gasteiger partial charge in [-0.15, -0.1) is 0 Å². The molecule has 8 nitrogen and oxygen atoms in total. The summed E-state index contributed by atoms with van der Waals surface area (Å²) in [6.07, 6.45) is 2.87. The van der Waals surface area contributed by atoms with Crippen LogP contribution in [0.3, 0.4) is 0 Å². The van der Waals surface area contributed by atoms with Crippen LogP contribution in [0.15, 0.2) is 23.9 Å². The molecule has 1 rings (SSSR count). The topological polar surface area (TPSA) is 161 Å². The monoisotopic (exact) mass is 270 g/mol. The molecule has 0 aromatic rings. The number of allylic oxidation sites excluding steroid dienone is 2. The molecule has 0 aromatic carbocycles. The third-order valence-corrected chi connectivity index (χ3v) is 4.78. The smallest absolute Gasteiger partial charge is 0.289 e. The Morgan fingerprint density at radius 2 is 1.75 bits per heavy atom. The summed E-state index contributed by atoms with van der Waals surface area (Å²) in [7, 11) is -9.83. The van der Waals surface area contributed by atoms with Gasteiger partial charge in [-0.1, -0.05) is 6.08 Å². The lowest BCUT2D eigenvalue weighted by atomic mass is 10.1. The third kappa shape index (κ3) is 1.97. The van der Waals surface area contributed by atoms with Crippen LogP contribution in [0.5, 0.6) is 0 Å². The third-order valence-electron chi connectivity index (χ3n) is 2.10. The van der Waals surface area contributed by atoms with Crippen molar-refractivity contribution >= 4 is 20.2 Å². The highest BCUT2D eigenvalue weighted by molar-refractivity contribution is 7.91. The van der Waals surface area contributed by atoms with Crippen molar-refractivity contribution in [2.24, 2.45) is 11.5 Å². The van der Waals surface area contributed by atoms with Crippen molar-refractivity contribution < 1.29 is 25.9 Å². The van der Waals surface area contributed by atoms with Gasteiger partial charge < -0.3 is 11.5 Å². The maximum Gasteiger partial charge on any atom is 0.289 e. The second-order valence-electron chi connectivity index (χ2n) is 3.25. The molecule has 1 aliphatic rings. The van der Waals surface area contributed by atoms with E-state index in [-0.39, 0.29) is 0 Å². The van der Waals surface area contributed by atoms with E-state index in [9.17, 15) is 16.8 Å². The van der Waals surface area contributed by atoms with Crippen LogP contribution < -0.4 is 11.5 Å². The van der Waals surface area contributed by atoms with Gasteiger partial charge in [-0.25, -0.2) is 0 Å². The molecule has 2 unspecified atom stereocenters. The summed E-state index contributed by atoms with van der Waals surface area (Å²) in [6, 6.07) is 0. The molecule has 2 atom stereocenters. The normalized spacial score (nSPS) is 31.2. The average Bonchev–Trinajstić information content (AvgIpc) is 1.98. The zero-order valence-electron chi connectivity index (χ0n) is 7.81. The molecule has 0 aliphatic heterocycles. The summed E-state index contributed by atoms with van der Waals surface area (Å²) in [4.78, 5) is -2.70. The Bertz CT molecular complexity index is 560. The van der Waals surface area contributed by atoms with E-state index in [2.05, 4.69) is 0 Å². The number of rotatable bonds is 2. The summed E-state index contributed by atoms with van der Waals surface area (Å²) >= 11 is 0. The predicted molar refractivity (Wildman–Crippen MR) is 55.2 cm³/mol. The summed E-state index contributed by atoms with van der Waals surface area (Å²) in [5.41, 5.74) is 10.0. The molecule has 0 heterocycles. The molecular weight excluding hydrogens is 260 g/mol. The minimum absolute atomic E-state index is 0.481. The van der Waals surface area contributed by atoms with Gasteiger partial charge in [0.25, 0.3) is 20.2 Å². The molecule has 0 radical (unpaired) electrons. The average molecular weight is 270 g/mol. The van der Waals surface area contributed by atoms with E-state index >= 15 is 0 Å². The second-order valence-corrected chi connectivity index (χ2v) is 6.41. The minimum atomic E-state index is -4.96. The van der Waals surface area contributed by atoms with Gasteiger partial charge in [0, 0.05) is 5.70 Å². The van der Waals surface area contributed by atoms with E-state index in [1.165, 1.54) is 0 Å². The molecule has 92 valence electrons. The largest absolute Gasteiger partial charge is 0.401 e. The highest BCUT2D eigenvalue weighted by atomic mass is 32.2. The van der Waals surface area contributed by atoms with Gasteiger partial charge in [0.05, 0.1) is 0 Å². The Balaban J connectivity index is 3.54. The van der Waals surface area contributed by atoms with Gasteiger partial charge in [0.2, 0.25) is 0 Å². The first-order chi connectivity index (χ1) is 7.00. The van der Waals surface area contributed by atoms with Crippen molar-refractivity contribution in [3.8, 4) is 0 Å². The molecule has 0 amide bonds. The summed E-state index contributed by atoms with van der Waals surface area (Å²) in [5.74, 6) is 0. The van der Waals surface area contributed by atoms with E-state index in [0.29, 0.717) is 0 Å². The zero-order valence-corrected chi connectivity index (χ0v) is 9.44. The van der Waals surface area contributed by atoms with Gasteiger partial charge in [0.15, 0.2) is 10.1 Å². The Hall–Kier alpha value is -0.940. The first kappa shape index (κ1) is 13.1. The molecule has 0 saturated heterocycles. The Morgan fingerprint density at radius 1 is 1.25 bits per heavy atom. The van der Waals surface area contributed by atoms with E-state index < -0.39 is 36.1 Å². The lowest BCUT2D eigenvalue weighted by molar-refractivity contribution is 0.424. The number of hydrogen-bond donors (Lipinski definition) is 4. The summed E-state index contributed by atoms with van der Waals surface area (Å²) in [6.45, 7) is 0. The SMILES string of the molecule is NC1=CC=CC(N)(S(=O)(=O)O)C1S(=O)(=O)O. The molecule has 0 bridgehead atoms. The molecule has 6 N–H and O–H groups in total. The van der Waals surface area contributed by atoms with E-state index in [4.69, 9.17) is 20.6 Å². The fourth-order valence-electron chi connectivity index (χ4n) is 1.37. The Morgan fingerprint density at radius 3 is 2.06 bits per heavy atom. The van der Waals surface area contributed by atoms with Gasteiger partial charge in [-0.2, -0.15) is 16.8 Å². The van der Waals surface area contributed by atoms with E-state index in [1.807, 2.05) is 0 Å². The molecule has 0 spiro atoms. The van der Waals surface area contributed by atoms with Crippen LogP contribution >= 0.6 is 0 Å². The fraction of sp³-hybridized carbons (Fsp3) is 0.333. The van der Waals surface area contributed by atoms with Crippen LogP contribution in [-0.2, 0) is 20.2 Å². The van der Waals surface area contributed by atoms with Gasteiger partial charge in [-0.3, -0.25) is 9.11 Å². The van der Waals surface area contributed by atoms with Crippen molar-refractivity contribution in [1.29, 1.82) is 0 Å².